The molecule has 3 nitrogen and oxygen atoms in total. The molecule has 0 fully saturated rings. The zero-order valence-electron chi connectivity index (χ0n) is 11.5. The molecule has 0 bridgehead atoms. The maximum atomic E-state index is 5.86. The second-order valence-electron chi connectivity index (χ2n) is 5.91. The number of imidazole rings is 1. The Labute approximate surface area is 113 Å². The summed E-state index contributed by atoms with van der Waals surface area (Å²) in [5.74, 6) is 1.62. The number of hydrogen-bond donors (Lipinski definition) is 0. The lowest BCUT2D eigenvalue weighted by Crippen LogP contribution is -2.18. The number of halogens is 1. The normalized spacial score (nSPS) is 12.3. The van der Waals surface area contributed by atoms with Crippen LogP contribution in [0.15, 0.2) is 12.1 Å². The molecular formula is C14H20ClN3. The van der Waals surface area contributed by atoms with Gasteiger partial charge in [-0.2, -0.15) is 0 Å². The lowest BCUT2D eigenvalue weighted by molar-refractivity contribution is 0.342. The van der Waals surface area contributed by atoms with Gasteiger partial charge in [0.2, 0.25) is 0 Å². The quantitative estimate of drug-likeness (QED) is 0.795. The Kier molecular flexibility index (Phi) is 3.62. The molecule has 2 rings (SSSR count). The molecule has 0 atom stereocenters. The van der Waals surface area contributed by atoms with Crippen molar-refractivity contribution in [1.82, 2.24) is 14.5 Å². The summed E-state index contributed by atoms with van der Waals surface area (Å²) in [6, 6.07) is 4.04. The van der Waals surface area contributed by atoms with E-state index < -0.39 is 0 Å². The van der Waals surface area contributed by atoms with Crippen molar-refractivity contribution in [3.63, 3.8) is 0 Å². The van der Waals surface area contributed by atoms with Crippen LogP contribution in [0.4, 0.5) is 0 Å². The molecule has 2 heterocycles. The van der Waals surface area contributed by atoms with Crippen LogP contribution in [0.2, 0.25) is 0 Å². The molecular weight excluding hydrogens is 246 g/mol. The van der Waals surface area contributed by atoms with E-state index in [1.807, 2.05) is 19.1 Å². The lowest BCUT2D eigenvalue weighted by Gasteiger charge is -2.20. The first-order valence-corrected chi connectivity index (χ1v) is 6.83. The first-order valence-electron chi connectivity index (χ1n) is 6.29. The highest BCUT2D eigenvalue weighted by atomic mass is 35.5. The highest BCUT2D eigenvalue weighted by Gasteiger charge is 2.18. The third-order valence-electron chi connectivity index (χ3n) is 2.76. The van der Waals surface area contributed by atoms with Gasteiger partial charge in [0.15, 0.2) is 5.65 Å². The third-order valence-corrected chi connectivity index (χ3v) is 2.95. The Hall–Kier alpha value is -1.09. The molecule has 0 aliphatic heterocycles. The molecule has 0 aromatic carbocycles. The highest BCUT2D eigenvalue weighted by Crippen LogP contribution is 2.22. The summed E-state index contributed by atoms with van der Waals surface area (Å²) in [7, 11) is 0. The van der Waals surface area contributed by atoms with E-state index in [2.05, 4.69) is 35.3 Å². The number of hydrogen-bond acceptors (Lipinski definition) is 2. The van der Waals surface area contributed by atoms with Crippen molar-refractivity contribution in [2.75, 3.05) is 5.88 Å². The van der Waals surface area contributed by atoms with Gasteiger partial charge in [-0.05, 0) is 24.5 Å². The predicted octanol–water partition coefficient (Wildman–Crippen LogP) is 3.57. The number of aromatic nitrogens is 3. The number of alkyl halides is 1. The topological polar surface area (TPSA) is 30.7 Å². The molecule has 0 unspecified atom stereocenters. The maximum Gasteiger partial charge on any atom is 0.160 e. The van der Waals surface area contributed by atoms with Gasteiger partial charge in [0.1, 0.15) is 11.3 Å². The summed E-state index contributed by atoms with van der Waals surface area (Å²) in [6.45, 7) is 9.58. The highest BCUT2D eigenvalue weighted by molar-refractivity contribution is 6.17. The zero-order valence-corrected chi connectivity index (χ0v) is 12.3. The molecule has 0 amide bonds. The van der Waals surface area contributed by atoms with E-state index in [4.69, 9.17) is 11.6 Å². The van der Waals surface area contributed by atoms with Gasteiger partial charge in [-0.25, -0.2) is 9.97 Å². The number of rotatable bonds is 3. The summed E-state index contributed by atoms with van der Waals surface area (Å²) in [5, 5.41) is 0. The van der Waals surface area contributed by atoms with E-state index in [0.717, 1.165) is 35.6 Å². The van der Waals surface area contributed by atoms with Crippen LogP contribution < -0.4 is 0 Å². The smallest absolute Gasteiger partial charge is 0.160 e. The molecule has 2 aromatic heterocycles. The summed E-state index contributed by atoms with van der Waals surface area (Å²) in [6.07, 6.45) is 0.785. The number of fused-ring (bicyclic) bond motifs is 1. The van der Waals surface area contributed by atoms with Crippen LogP contribution in [0.5, 0.6) is 0 Å². The number of pyridine rings is 1. The molecule has 2 aromatic rings. The minimum Gasteiger partial charge on any atom is -0.312 e. The fourth-order valence-electron chi connectivity index (χ4n) is 2.06. The van der Waals surface area contributed by atoms with Crippen LogP contribution in [-0.2, 0) is 13.0 Å². The van der Waals surface area contributed by atoms with Crippen molar-refractivity contribution < 1.29 is 0 Å². The van der Waals surface area contributed by atoms with Crippen molar-refractivity contribution in [3.8, 4) is 0 Å². The van der Waals surface area contributed by atoms with Crippen molar-refractivity contribution in [2.24, 2.45) is 5.41 Å². The summed E-state index contributed by atoms with van der Waals surface area (Å²) >= 11 is 5.86. The Morgan fingerprint density at radius 1 is 1.22 bits per heavy atom. The van der Waals surface area contributed by atoms with Crippen molar-refractivity contribution in [1.29, 1.82) is 0 Å². The largest absolute Gasteiger partial charge is 0.312 e. The average molecular weight is 266 g/mol. The summed E-state index contributed by atoms with van der Waals surface area (Å²) in [4.78, 5) is 9.26. The van der Waals surface area contributed by atoms with Gasteiger partial charge in [0.25, 0.3) is 0 Å². The van der Waals surface area contributed by atoms with Crippen molar-refractivity contribution in [3.05, 3.63) is 23.7 Å². The zero-order chi connectivity index (χ0) is 13.3. The average Bonchev–Trinajstić information content (AvgIpc) is 2.56. The van der Waals surface area contributed by atoms with Crippen LogP contribution in [0.1, 0.15) is 32.3 Å². The molecule has 0 N–H and O–H groups in total. The van der Waals surface area contributed by atoms with Crippen LogP contribution >= 0.6 is 11.6 Å². The minimum absolute atomic E-state index is 0.195. The Bertz CT molecular complexity index is 552. The predicted molar refractivity (Wildman–Crippen MR) is 76.1 cm³/mol. The molecule has 0 aliphatic rings. The Morgan fingerprint density at radius 2 is 1.94 bits per heavy atom. The Morgan fingerprint density at radius 3 is 2.56 bits per heavy atom. The monoisotopic (exact) mass is 265 g/mol. The van der Waals surface area contributed by atoms with Gasteiger partial charge in [0.05, 0.1) is 0 Å². The minimum atomic E-state index is 0.195. The standard InChI is InChI=1S/C14H20ClN3/c1-10-5-6-11-13(16-10)18(9-14(2,3)4)12(17-11)7-8-15/h5-6H,7-9H2,1-4H3. The molecule has 0 saturated heterocycles. The van der Waals surface area contributed by atoms with Crippen LogP contribution in [0, 0.1) is 12.3 Å². The maximum absolute atomic E-state index is 5.86. The third kappa shape index (κ3) is 2.83. The van der Waals surface area contributed by atoms with E-state index in [-0.39, 0.29) is 5.41 Å². The fraction of sp³-hybridized carbons (Fsp3) is 0.571. The van der Waals surface area contributed by atoms with Gasteiger partial charge in [0, 0.05) is 24.5 Å². The first-order chi connectivity index (χ1) is 8.40. The molecule has 0 radical (unpaired) electrons. The molecule has 0 spiro atoms. The molecule has 4 heteroatoms. The molecule has 0 saturated carbocycles. The van der Waals surface area contributed by atoms with E-state index in [9.17, 15) is 0 Å². The van der Waals surface area contributed by atoms with Crippen LogP contribution in [-0.4, -0.2) is 20.4 Å². The second kappa shape index (κ2) is 4.88. The van der Waals surface area contributed by atoms with E-state index in [0.29, 0.717) is 5.88 Å². The van der Waals surface area contributed by atoms with Crippen LogP contribution in [0.25, 0.3) is 11.2 Å². The molecule has 98 valence electrons. The van der Waals surface area contributed by atoms with Crippen molar-refractivity contribution in [2.45, 2.75) is 40.7 Å². The molecule has 18 heavy (non-hydrogen) atoms. The molecule has 0 aliphatic carbocycles. The lowest BCUT2D eigenvalue weighted by atomic mass is 9.97. The van der Waals surface area contributed by atoms with E-state index >= 15 is 0 Å². The van der Waals surface area contributed by atoms with E-state index in [1.54, 1.807) is 0 Å². The summed E-state index contributed by atoms with van der Waals surface area (Å²) in [5.41, 5.74) is 3.16. The first kappa shape index (κ1) is 13.3. The van der Waals surface area contributed by atoms with Gasteiger partial charge in [-0.15, -0.1) is 11.6 Å². The number of nitrogens with zero attached hydrogens (tertiary/aromatic N) is 3. The second-order valence-corrected chi connectivity index (χ2v) is 6.29. The van der Waals surface area contributed by atoms with Crippen LogP contribution in [0.3, 0.4) is 0 Å². The summed E-state index contributed by atoms with van der Waals surface area (Å²) < 4.78 is 2.21. The van der Waals surface area contributed by atoms with Gasteiger partial charge >= 0.3 is 0 Å². The van der Waals surface area contributed by atoms with E-state index in [1.165, 1.54) is 0 Å². The van der Waals surface area contributed by atoms with Crippen molar-refractivity contribution >= 4 is 22.8 Å². The number of aryl methyl sites for hydroxylation is 2. The SMILES string of the molecule is Cc1ccc2nc(CCCl)n(CC(C)(C)C)c2n1. The van der Waals surface area contributed by atoms with Gasteiger partial charge < -0.3 is 4.57 Å². The Balaban J connectivity index is 2.57. The van der Waals surface area contributed by atoms with Gasteiger partial charge in [-0.1, -0.05) is 20.8 Å². The fourth-order valence-corrected chi connectivity index (χ4v) is 2.23. The van der Waals surface area contributed by atoms with Gasteiger partial charge in [-0.3, -0.25) is 0 Å².